The summed E-state index contributed by atoms with van der Waals surface area (Å²) in [6.45, 7) is 2.28. The Balaban J connectivity index is 1.73. The van der Waals surface area contributed by atoms with Gasteiger partial charge in [-0.25, -0.2) is 15.0 Å². The molecule has 0 aliphatic rings. The average molecular weight is 400 g/mol. The van der Waals surface area contributed by atoms with Crippen LogP contribution in [0.15, 0.2) is 82.7 Å². The zero-order valence-electron chi connectivity index (χ0n) is 16.3. The number of ether oxygens (including phenoxy) is 1. The van der Waals surface area contributed by atoms with Crippen molar-refractivity contribution in [3.8, 4) is 17.2 Å². The van der Waals surface area contributed by atoms with E-state index in [1.807, 2.05) is 49.4 Å². The molecule has 0 unspecified atom stereocenters. The maximum absolute atomic E-state index is 13.1. The molecule has 0 saturated carbocycles. The molecule has 7 heteroatoms. The second-order valence-electron chi connectivity index (χ2n) is 6.46. The molecule has 3 aromatic carbocycles. The maximum atomic E-state index is 13.1. The predicted molar refractivity (Wildman–Crippen MR) is 118 cm³/mol. The Hall–Kier alpha value is -4.13. The molecule has 0 aliphatic heterocycles. The van der Waals surface area contributed by atoms with Crippen LogP contribution in [0.25, 0.3) is 16.6 Å². The molecule has 7 nitrogen and oxygen atoms in total. The SMILES string of the molecule is CCOc1cc(/C=N\Nc2nc3ccccc3c(=O)n2-c2ccccc2)ccc1O. The minimum absolute atomic E-state index is 0.0658. The minimum Gasteiger partial charge on any atom is -0.504 e. The number of fused-ring (bicyclic) bond motifs is 1. The number of aromatic hydroxyl groups is 1. The molecule has 4 rings (SSSR count). The fraction of sp³-hybridized carbons (Fsp3) is 0.0870. The second kappa shape index (κ2) is 8.48. The summed E-state index contributed by atoms with van der Waals surface area (Å²) in [4.78, 5) is 17.7. The van der Waals surface area contributed by atoms with E-state index >= 15 is 0 Å². The molecule has 0 atom stereocenters. The van der Waals surface area contributed by atoms with E-state index in [2.05, 4.69) is 15.5 Å². The molecule has 0 spiro atoms. The number of nitrogens with zero attached hydrogens (tertiary/aromatic N) is 3. The van der Waals surface area contributed by atoms with Crippen molar-refractivity contribution >= 4 is 23.1 Å². The summed E-state index contributed by atoms with van der Waals surface area (Å²) in [5, 5.41) is 14.6. The first-order valence-corrected chi connectivity index (χ1v) is 9.49. The Morgan fingerprint density at radius 2 is 1.87 bits per heavy atom. The maximum Gasteiger partial charge on any atom is 0.267 e. The van der Waals surface area contributed by atoms with E-state index < -0.39 is 0 Å². The van der Waals surface area contributed by atoms with Crippen LogP contribution in [0, 0.1) is 0 Å². The fourth-order valence-electron chi connectivity index (χ4n) is 3.07. The fourth-order valence-corrected chi connectivity index (χ4v) is 3.07. The van der Waals surface area contributed by atoms with E-state index in [1.165, 1.54) is 4.57 Å². The zero-order valence-corrected chi connectivity index (χ0v) is 16.3. The third-order valence-corrected chi connectivity index (χ3v) is 4.45. The van der Waals surface area contributed by atoms with Crippen molar-refractivity contribution in [2.24, 2.45) is 5.10 Å². The van der Waals surface area contributed by atoms with Crippen LogP contribution in [0.5, 0.6) is 11.5 Å². The van der Waals surface area contributed by atoms with Crippen molar-refractivity contribution in [2.75, 3.05) is 12.0 Å². The van der Waals surface area contributed by atoms with E-state index in [0.29, 0.717) is 34.9 Å². The van der Waals surface area contributed by atoms with Gasteiger partial charge in [-0.1, -0.05) is 30.3 Å². The van der Waals surface area contributed by atoms with Gasteiger partial charge in [0.25, 0.3) is 5.56 Å². The molecule has 0 amide bonds. The van der Waals surface area contributed by atoms with Gasteiger partial charge in [-0.2, -0.15) is 5.10 Å². The standard InChI is InChI=1S/C23H20N4O3/c1-2-30-21-14-16(12-13-20(21)28)15-24-26-23-25-19-11-7-6-10-18(19)22(29)27(23)17-8-4-3-5-9-17/h3-15,28H,2H2,1H3,(H,25,26)/b24-15-. The third-order valence-electron chi connectivity index (χ3n) is 4.45. The molecule has 150 valence electrons. The van der Waals surface area contributed by atoms with Crippen LogP contribution in [0.2, 0.25) is 0 Å². The molecule has 0 saturated heterocycles. The van der Waals surface area contributed by atoms with Crippen LogP contribution in [-0.4, -0.2) is 27.5 Å². The molecular formula is C23H20N4O3. The van der Waals surface area contributed by atoms with Gasteiger partial charge in [0, 0.05) is 0 Å². The topological polar surface area (TPSA) is 88.7 Å². The quantitative estimate of drug-likeness (QED) is 0.378. The molecule has 0 bridgehead atoms. The number of hydrogen-bond acceptors (Lipinski definition) is 6. The van der Waals surface area contributed by atoms with Gasteiger partial charge in [-0.3, -0.25) is 4.79 Å². The lowest BCUT2D eigenvalue weighted by Gasteiger charge is -2.12. The summed E-state index contributed by atoms with van der Waals surface area (Å²) < 4.78 is 6.88. The minimum atomic E-state index is -0.187. The Kier molecular flexibility index (Phi) is 5.43. The highest BCUT2D eigenvalue weighted by atomic mass is 16.5. The zero-order chi connectivity index (χ0) is 20.9. The van der Waals surface area contributed by atoms with Crippen LogP contribution in [0.3, 0.4) is 0 Å². The number of benzene rings is 3. The molecule has 2 N–H and O–H groups in total. The number of rotatable bonds is 6. The summed E-state index contributed by atoms with van der Waals surface area (Å²) in [5.41, 5.74) is 4.67. The summed E-state index contributed by atoms with van der Waals surface area (Å²) >= 11 is 0. The molecular weight excluding hydrogens is 380 g/mol. The molecule has 0 fully saturated rings. The Labute approximate surface area is 172 Å². The number of phenols is 1. The van der Waals surface area contributed by atoms with Crippen molar-refractivity contribution < 1.29 is 9.84 Å². The number of aromatic nitrogens is 2. The predicted octanol–water partition coefficient (Wildman–Crippen LogP) is 3.94. The molecule has 1 aromatic heterocycles. The van der Waals surface area contributed by atoms with Crippen molar-refractivity contribution in [2.45, 2.75) is 6.92 Å². The number of para-hydroxylation sites is 2. The molecule has 1 heterocycles. The van der Waals surface area contributed by atoms with Crippen molar-refractivity contribution in [3.05, 3.63) is 88.7 Å². The molecule has 0 aliphatic carbocycles. The summed E-state index contributed by atoms with van der Waals surface area (Å²) in [6, 6.07) is 21.4. The largest absolute Gasteiger partial charge is 0.504 e. The third kappa shape index (κ3) is 3.86. The normalized spacial score (nSPS) is 11.1. The van der Waals surface area contributed by atoms with Crippen LogP contribution < -0.4 is 15.7 Å². The van der Waals surface area contributed by atoms with Crippen molar-refractivity contribution in [3.63, 3.8) is 0 Å². The lowest BCUT2D eigenvalue weighted by atomic mass is 10.2. The first kappa shape index (κ1) is 19.2. The highest BCUT2D eigenvalue weighted by Gasteiger charge is 2.12. The van der Waals surface area contributed by atoms with Gasteiger partial charge in [-0.15, -0.1) is 0 Å². The number of anilines is 1. The van der Waals surface area contributed by atoms with Gasteiger partial charge in [0.1, 0.15) is 0 Å². The number of phenolic OH excluding ortho intramolecular Hbond substituents is 1. The lowest BCUT2D eigenvalue weighted by molar-refractivity contribution is 0.318. The average Bonchev–Trinajstić information content (AvgIpc) is 2.77. The Morgan fingerprint density at radius 3 is 2.67 bits per heavy atom. The summed E-state index contributed by atoms with van der Waals surface area (Å²) in [5.74, 6) is 0.743. The van der Waals surface area contributed by atoms with Crippen molar-refractivity contribution in [1.29, 1.82) is 0 Å². The second-order valence-corrected chi connectivity index (χ2v) is 6.46. The monoisotopic (exact) mass is 400 g/mol. The van der Waals surface area contributed by atoms with Crippen LogP contribution in [0.1, 0.15) is 12.5 Å². The first-order valence-electron chi connectivity index (χ1n) is 9.49. The van der Waals surface area contributed by atoms with Gasteiger partial charge in [0.05, 0.1) is 29.4 Å². The highest BCUT2D eigenvalue weighted by molar-refractivity contribution is 5.82. The molecule has 4 aromatic rings. The van der Waals surface area contributed by atoms with E-state index in [4.69, 9.17) is 4.74 Å². The van der Waals surface area contributed by atoms with Gasteiger partial charge in [0.15, 0.2) is 11.5 Å². The van der Waals surface area contributed by atoms with Gasteiger partial charge >= 0.3 is 0 Å². The summed E-state index contributed by atoms with van der Waals surface area (Å²) in [7, 11) is 0. The number of hydrazone groups is 1. The smallest absolute Gasteiger partial charge is 0.267 e. The van der Waals surface area contributed by atoms with E-state index in [9.17, 15) is 9.90 Å². The van der Waals surface area contributed by atoms with Crippen LogP contribution in [-0.2, 0) is 0 Å². The first-order chi connectivity index (χ1) is 14.7. The van der Waals surface area contributed by atoms with Gasteiger partial charge in [0.2, 0.25) is 5.95 Å². The number of hydrogen-bond donors (Lipinski definition) is 2. The van der Waals surface area contributed by atoms with E-state index in [1.54, 1.807) is 36.5 Å². The molecule has 0 radical (unpaired) electrons. The van der Waals surface area contributed by atoms with Gasteiger partial charge < -0.3 is 9.84 Å². The molecule has 30 heavy (non-hydrogen) atoms. The van der Waals surface area contributed by atoms with E-state index in [-0.39, 0.29) is 11.3 Å². The van der Waals surface area contributed by atoms with Crippen LogP contribution in [0.4, 0.5) is 5.95 Å². The summed E-state index contributed by atoms with van der Waals surface area (Å²) in [6.07, 6.45) is 1.57. The Morgan fingerprint density at radius 1 is 1.10 bits per heavy atom. The van der Waals surface area contributed by atoms with E-state index in [0.717, 1.165) is 5.56 Å². The lowest BCUT2D eigenvalue weighted by Crippen LogP contribution is -2.22. The van der Waals surface area contributed by atoms with Crippen molar-refractivity contribution in [1.82, 2.24) is 9.55 Å². The number of nitrogens with one attached hydrogen (secondary N) is 1. The Bertz CT molecular complexity index is 1270. The highest BCUT2D eigenvalue weighted by Crippen LogP contribution is 2.26. The van der Waals surface area contributed by atoms with Crippen LogP contribution >= 0.6 is 0 Å². The van der Waals surface area contributed by atoms with Gasteiger partial charge in [-0.05, 0) is 55.0 Å².